The number of fused-ring (bicyclic) bond motifs is 2. The molecule has 0 N–H and O–H groups in total. The summed E-state index contributed by atoms with van der Waals surface area (Å²) in [6.07, 6.45) is 5.13. The van der Waals surface area contributed by atoms with Crippen LogP contribution in [-0.2, 0) is 0 Å². The highest BCUT2D eigenvalue weighted by Crippen LogP contribution is 2.48. The van der Waals surface area contributed by atoms with Crippen molar-refractivity contribution in [2.45, 2.75) is 25.7 Å². The molecule has 2 atom stereocenters. The van der Waals surface area contributed by atoms with E-state index in [2.05, 4.69) is 6.07 Å². The summed E-state index contributed by atoms with van der Waals surface area (Å²) in [5, 5.41) is 8.60. The van der Waals surface area contributed by atoms with Crippen LogP contribution in [0, 0.1) is 29.1 Å². The third-order valence-electron chi connectivity index (χ3n) is 2.69. The summed E-state index contributed by atoms with van der Waals surface area (Å²) < 4.78 is 0. The number of rotatable bonds is 0. The lowest BCUT2D eigenvalue weighted by molar-refractivity contribution is 0.533. The Morgan fingerprint density at radius 2 is 2.33 bits per heavy atom. The molecule has 0 spiro atoms. The quantitative estimate of drug-likeness (QED) is 0.479. The lowest BCUT2D eigenvalue weighted by Gasteiger charge is -2.11. The lowest BCUT2D eigenvalue weighted by Crippen LogP contribution is -2.04. The molecule has 2 bridgehead atoms. The summed E-state index contributed by atoms with van der Waals surface area (Å²) in [6, 6.07) is 2.31. The minimum Gasteiger partial charge on any atom is -0.198 e. The van der Waals surface area contributed by atoms with Gasteiger partial charge in [0.1, 0.15) is 0 Å². The molecule has 1 heteroatoms. The molecule has 0 aromatic heterocycles. The monoisotopic (exact) mass is 120 g/mol. The number of nitrogens with zero attached hydrogens (tertiary/aromatic N) is 1. The van der Waals surface area contributed by atoms with Gasteiger partial charge in [0, 0.05) is 0 Å². The summed E-state index contributed by atoms with van der Waals surface area (Å²) in [5.41, 5.74) is 0. The molecule has 0 heterocycles. The van der Waals surface area contributed by atoms with Gasteiger partial charge in [0.15, 0.2) is 0 Å². The fraction of sp³-hybridized carbons (Fsp3) is 0.750. The molecule has 9 heavy (non-hydrogen) atoms. The standard InChI is InChI=1S/C8H10N/c9-5-8-4-6-1-2-7(8)3-6/h6-7H,1-4H2. The zero-order chi connectivity index (χ0) is 6.27. The van der Waals surface area contributed by atoms with Crippen molar-refractivity contribution in [2.24, 2.45) is 11.8 Å². The summed E-state index contributed by atoms with van der Waals surface area (Å²) in [4.78, 5) is 0. The van der Waals surface area contributed by atoms with E-state index in [4.69, 9.17) is 5.26 Å². The summed E-state index contributed by atoms with van der Waals surface area (Å²) >= 11 is 0. The Kier molecular flexibility index (Phi) is 1.02. The maximum atomic E-state index is 8.60. The fourth-order valence-corrected chi connectivity index (χ4v) is 2.19. The van der Waals surface area contributed by atoms with Crippen LogP contribution in [0.2, 0.25) is 0 Å². The average molecular weight is 120 g/mol. The van der Waals surface area contributed by atoms with E-state index in [0.717, 1.165) is 12.3 Å². The van der Waals surface area contributed by atoms with Gasteiger partial charge < -0.3 is 0 Å². The van der Waals surface area contributed by atoms with Gasteiger partial charge in [-0.1, -0.05) is 6.42 Å². The molecule has 0 aromatic rings. The molecule has 2 rings (SSSR count). The second kappa shape index (κ2) is 1.73. The molecule has 1 radical (unpaired) electrons. The Labute approximate surface area is 55.7 Å². The van der Waals surface area contributed by atoms with Crippen molar-refractivity contribution < 1.29 is 0 Å². The van der Waals surface area contributed by atoms with E-state index >= 15 is 0 Å². The van der Waals surface area contributed by atoms with E-state index in [1.54, 1.807) is 0 Å². The Balaban J connectivity index is 2.12. The first-order chi connectivity index (χ1) is 4.40. The van der Waals surface area contributed by atoms with Crippen molar-refractivity contribution in [3.63, 3.8) is 0 Å². The maximum absolute atomic E-state index is 8.60. The van der Waals surface area contributed by atoms with Gasteiger partial charge in [-0.2, -0.15) is 5.26 Å². The third kappa shape index (κ3) is 0.660. The number of nitriles is 1. The molecule has 0 aromatic carbocycles. The van der Waals surface area contributed by atoms with Crippen LogP contribution >= 0.6 is 0 Å². The lowest BCUT2D eigenvalue weighted by atomic mass is 9.90. The largest absolute Gasteiger partial charge is 0.198 e. The Morgan fingerprint density at radius 1 is 1.44 bits per heavy atom. The zero-order valence-corrected chi connectivity index (χ0v) is 5.43. The van der Waals surface area contributed by atoms with Crippen molar-refractivity contribution in [3.8, 4) is 6.07 Å². The fourth-order valence-electron chi connectivity index (χ4n) is 2.19. The molecule has 0 saturated heterocycles. The molecule has 0 amide bonds. The topological polar surface area (TPSA) is 23.8 Å². The molecule has 2 unspecified atom stereocenters. The van der Waals surface area contributed by atoms with Gasteiger partial charge in [-0.3, -0.25) is 0 Å². The third-order valence-corrected chi connectivity index (χ3v) is 2.69. The van der Waals surface area contributed by atoms with Crippen LogP contribution in [0.1, 0.15) is 25.7 Å². The van der Waals surface area contributed by atoms with Crippen LogP contribution < -0.4 is 0 Å². The van der Waals surface area contributed by atoms with Gasteiger partial charge >= 0.3 is 0 Å². The van der Waals surface area contributed by atoms with E-state index in [-0.39, 0.29) is 0 Å². The minimum atomic E-state index is 0.708. The van der Waals surface area contributed by atoms with Gasteiger partial charge in [0.2, 0.25) is 0 Å². The van der Waals surface area contributed by atoms with Crippen molar-refractivity contribution in [3.05, 3.63) is 5.92 Å². The SMILES string of the molecule is N#C[C]1CC2CCC1C2. The van der Waals surface area contributed by atoms with E-state index in [1.807, 2.05) is 0 Å². The zero-order valence-electron chi connectivity index (χ0n) is 5.43. The number of hydrogen-bond acceptors (Lipinski definition) is 1. The molecule has 0 aliphatic heterocycles. The van der Waals surface area contributed by atoms with Crippen LogP contribution in [0.5, 0.6) is 0 Å². The average Bonchev–Trinajstić information content (AvgIpc) is 2.45. The molecule has 2 aliphatic carbocycles. The van der Waals surface area contributed by atoms with Crippen molar-refractivity contribution >= 4 is 0 Å². The van der Waals surface area contributed by atoms with Crippen molar-refractivity contribution in [1.82, 2.24) is 0 Å². The summed E-state index contributed by atoms with van der Waals surface area (Å²) in [5.74, 6) is 2.79. The van der Waals surface area contributed by atoms with Crippen molar-refractivity contribution in [2.75, 3.05) is 0 Å². The second-order valence-corrected chi connectivity index (χ2v) is 3.22. The van der Waals surface area contributed by atoms with Crippen LogP contribution in [0.4, 0.5) is 0 Å². The number of hydrogen-bond donors (Lipinski definition) is 0. The molecule has 2 fully saturated rings. The molecule has 1 nitrogen and oxygen atoms in total. The van der Waals surface area contributed by atoms with Crippen LogP contribution in [-0.4, -0.2) is 0 Å². The summed E-state index contributed by atoms with van der Waals surface area (Å²) in [7, 11) is 0. The normalized spacial score (nSPS) is 41.2. The molecule has 2 aliphatic rings. The second-order valence-electron chi connectivity index (χ2n) is 3.22. The Bertz CT molecular complexity index is 156. The van der Waals surface area contributed by atoms with E-state index in [1.165, 1.54) is 25.2 Å². The molecular formula is C8H10N. The van der Waals surface area contributed by atoms with Crippen LogP contribution in [0.15, 0.2) is 0 Å². The minimum absolute atomic E-state index is 0.708. The van der Waals surface area contributed by atoms with Gasteiger partial charge in [-0.15, -0.1) is 0 Å². The molecule has 47 valence electrons. The van der Waals surface area contributed by atoms with E-state index < -0.39 is 0 Å². The first kappa shape index (κ1) is 5.29. The van der Waals surface area contributed by atoms with Crippen LogP contribution in [0.3, 0.4) is 0 Å². The predicted octanol–water partition coefficient (Wildman–Crippen LogP) is 1.90. The van der Waals surface area contributed by atoms with Gasteiger partial charge in [-0.05, 0) is 31.1 Å². The van der Waals surface area contributed by atoms with E-state index in [9.17, 15) is 0 Å². The smallest absolute Gasteiger partial charge is 0.0793 e. The first-order valence-electron chi connectivity index (χ1n) is 3.66. The highest BCUT2D eigenvalue weighted by molar-refractivity contribution is 5.21. The van der Waals surface area contributed by atoms with E-state index in [0.29, 0.717) is 5.92 Å². The van der Waals surface area contributed by atoms with Gasteiger partial charge in [0.25, 0.3) is 0 Å². The highest BCUT2D eigenvalue weighted by Gasteiger charge is 2.39. The van der Waals surface area contributed by atoms with Gasteiger partial charge in [-0.25, -0.2) is 0 Å². The highest BCUT2D eigenvalue weighted by atomic mass is 14.4. The van der Waals surface area contributed by atoms with Gasteiger partial charge in [0.05, 0.1) is 12.0 Å². The molecule has 2 saturated carbocycles. The first-order valence-corrected chi connectivity index (χ1v) is 3.66. The van der Waals surface area contributed by atoms with Crippen molar-refractivity contribution in [1.29, 1.82) is 5.26 Å². The predicted molar refractivity (Wildman–Crippen MR) is 34.3 cm³/mol. The Morgan fingerprint density at radius 3 is 2.67 bits per heavy atom. The summed E-state index contributed by atoms with van der Waals surface area (Å²) in [6.45, 7) is 0. The Hall–Kier alpha value is -0.510. The molecular weight excluding hydrogens is 110 g/mol. The maximum Gasteiger partial charge on any atom is 0.0793 e. The van der Waals surface area contributed by atoms with Crippen LogP contribution in [0.25, 0.3) is 0 Å².